The molecule has 5 rings (SSSR count). The minimum atomic E-state index is -1.01. The van der Waals surface area contributed by atoms with Crippen molar-refractivity contribution in [1.29, 1.82) is 0 Å². The molecule has 4 aliphatic rings. The van der Waals surface area contributed by atoms with E-state index in [0.29, 0.717) is 23.4 Å². The number of aromatic nitrogens is 1. The lowest BCUT2D eigenvalue weighted by Crippen LogP contribution is -2.59. The number of carboxylic acids is 1. The molecule has 1 aromatic heterocycles. The molecule has 4 unspecified atom stereocenters. The van der Waals surface area contributed by atoms with Crippen LogP contribution in [0.5, 0.6) is 0 Å². The lowest BCUT2D eigenvalue weighted by Gasteiger charge is -2.58. The Kier molecular flexibility index (Phi) is 3.13. The molecule has 4 aliphatic carbocycles. The van der Waals surface area contributed by atoms with Gasteiger partial charge in [-0.2, -0.15) is 0 Å². The number of halogens is 1. The van der Waals surface area contributed by atoms with Crippen molar-refractivity contribution in [2.45, 2.75) is 43.7 Å². The fourth-order valence-electron chi connectivity index (χ4n) is 5.12. The Morgan fingerprint density at radius 3 is 2.59 bits per heavy atom. The van der Waals surface area contributed by atoms with Crippen molar-refractivity contribution >= 4 is 23.3 Å². The number of carboxylic acid groups (broad SMARTS) is 1. The number of aliphatic hydroxyl groups is 1. The number of nitrogens with one attached hydrogen (secondary N) is 1. The normalized spacial score (nSPS) is 39.0. The average Bonchev–Trinajstić information content (AvgIpc) is 2.40. The Bertz CT molecular complexity index is 620. The third-order valence-electron chi connectivity index (χ3n) is 5.66. The van der Waals surface area contributed by atoms with Gasteiger partial charge in [0.2, 0.25) is 0 Å². The molecule has 118 valence electrons. The monoisotopic (exact) mass is 322 g/mol. The first-order chi connectivity index (χ1) is 10.4. The third kappa shape index (κ3) is 2.27. The average molecular weight is 323 g/mol. The molecule has 0 saturated heterocycles. The summed E-state index contributed by atoms with van der Waals surface area (Å²) in [5, 5.41) is 23.6. The van der Waals surface area contributed by atoms with Crippen LogP contribution in [0, 0.1) is 17.8 Å². The summed E-state index contributed by atoms with van der Waals surface area (Å²) in [5.41, 5.74) is 0.203. The summed E-state index contributed by atoms with van der Waals surface area (Å²) < 4.78 is 0. The van der Waals surface area contributed by atoms with Crippen LogP contribution in [0.15, 0.2) is 12.3 Å². The van der Waals surface area contributed by atoms with E-state index in [-0.39, 0.29) is 16.8 Å². The summed E-state index contributed by atoms with van der Waals surface area (Å²) in [7, 11) is 0. The SMILES string of the molecule is O=C(O)c1cnc(Cl)cc1NC1C2CC3C[C@H]1CC(O)(C3)C2. The van der Waals surface area contributed by atoms with Gasteiger partial charge in [0.25, 0.3) is 0 Å². The molecule has 22 heavy (non-hydrogen) atoms. The van der Waals surface area contributed by atoms with Crippen molar-refractivity contribution in [3.05, 3.63) is 23.0 Å². The van der Waals surface area contributed by atoms with Gasteiger partial charge in [0, 0.05) is 12.2 Å². The second-order valence-corrected chi connectivity index (χ2v) is 7.61. The van der Waals surface area contributed by atoms with E-state index in [1.165, 1.54) is 6.20 Å². The molecular weight excluding hydrogens is 304 g/mol. The highest BCUT2D eigenvalue weighted by Gasteiger charge is 2.54. The Morgan fingerprint density at radius 1 is 1.32 bits per heavy atom. The number of anilines is 1. The van der Waals surface area contributed by atoms with E-state index in [1.54, 1.807) is 6.07 Å². The Balaban J connectivity index is 1.62. The number of carbonyl (C=O) groups is 1. The van der Waals surface area contributed by atoms with Crippen LogP contribution in [-0.4, -0.2) is 32.8 Å². The molecule has 1 heterocycles. The molecule has 0 aliphatic heterocycles. The van der Waals surface area contributed by atoms with Crippen LogP contribution in [0.3, 0.4) is 0 Å². The van der Waals surface area contributed by atoms with Gasteiger partial charge in [-0.25, -0.2) is 9.78 Å². The van der Waals surface area contributed by atoms with Gasteiger partial charge >= 0.3 is 5.97 Å². The van der Waals surface area contributed by atoms with Crippen molar-refractivity contribution in [2.75, 3.05) is 5.32 Å². The summed E-state index contributed by atoms with van der Waals surface area (Å²) in [4.78, 5) is 15.2. The minimum absolute atomic E-state index is 0.150. The number of nitrogens with zero attached hydrogens (tertiary/aromatic N) is 1. The quantitative estimate of drug-likeness (QED) is 0.745. The van der Waals surface area contributed by atoms with E-state index < -0.39 is 11.6 Å². The number of rotatable bonds is 3. The highest BCUT2D eigenvalue weighted by molar-refractivity contribution is 6.29. The molecular formula is C16H19ClN2O3. The van der Waals surface area contributed by atoms with Crippen molar-refractivity contribution in [2.24, 2.45) is 17.8 Å². The smallest absolute Gasteiger partial charge is 0.339 e. The van der Waals surface area contributed by atoms with Crippen LogP contribution >= 0.6 is 11.6 Å². The van der Waals surface area contributed by atoms with E-state index in [1.807, 2.05) is 0 Å². The number of hydrogen-bond donors (Lipinski definition) is 3. The first-order valence-electron chi connectivity index (χ1n) is 7.81. The van der Waals surface area contributed by atoms with E-state index >= 15 is 0 Å². The van der Waals surface area contributed by atoms with Gasteiger partial charge in [0.15, 0.2) is 0 Å². The zero-order valence-electron chi connectivity index (χ0n) is 12.1. The summed E-state index contributed by atoms with van der Waals surface area (Å²) >= 11 is 5.93. The Labute approximate surface area is 133 Å². The van der Waals surface area contributed by atoms with Crippen LogP contribution in [0.2, 0.25) is 5.15 Å². The highest BCUT2D eigenvalue weighted by Crippen LogP contribution is 2.56. The van der Waals surface area contributed by atoms with E-state index in [0.717, 1.165) is 32.1 Å². The van der Waals surface area contributed by atoms with Gasteiger partial charge in [-0.05, 0) is 55.9 Å². The molecule has 0 radical (unpaired) electrons. The van der Waals surface area contributed by atoms with Crippen molar-refractivity contribution < 1.29 is 15.0 Å². The first kappa shape index (κ1) is 14.3. The molecule has 0 amide bonds. The zero-order valence-corrected chi connectivity index (χ0v) is 12.9. The molecule has 3 N–H and O–H groups in total. The number of pyridine rings is 1. The van der Waals surface area contributed by atoms with Crippen LogP contribution in [0.25, 0.3) is 0 Å². The second-order valence-electron chi connectivity index (χ2n) is 7.22. The molecule has 6 heteroatoms. The topological polar surface area (TPSA) is 82.5 Å². The van der Waals surface area contributed by atoms with Crippen molar-refractivity contribution in [3.63, 3.8) is 0 Å². The first-order valence-corrected chi connectivity index (χ1v) is 8.19. The lowest BCUT2D eigenvalue weighted by atomic mass is 9.52. The van der Waals surface area contributed by atoms with Crippen LogP contribution in [-0.2, 0) is 0 Å². The molecule has 5 nitrogen and oxygen atoms in total. The Morgan fingerprint density at radius 2 is 2.00 bits per heavy atom. The third-order valence-corrected chi connectivity index (χ3v) is 5.87. The molecule has 1 aromatic rings. The van der Waals surface area contributed by atoms with Gasteiger partial charge in [-0.1, -0.05) is 11.6 Å². The van der Waals surface area contributed by atoms with Crippen molar-refractivity contribution in [3.8, 4) is 0 Å². The van der Waals surface area contributed by atoms with Crippen LogP contribution < -0.4 is 5.32 Å². The van der Waals surface area contributed by atoms with E-state index in [2.05, 4.69) is 10.3 Å². The van der Waals surface area contributed by atoms with Crippen LogP contribution in [0.1, 0.15) is 42.5 Å². The Hall–Kier alpha value is -1.33. The van der Waals surface area contributed by atoms with Gasteiger partial charge in [0.05, 0.1) is 11.3 Å². The molecule has 4 fully saturated rings. The van der Waals surface area contributed by atoms with Crippen molar-refractivity contribution in [1.82, 2.24) is 4.98 Å². The van der Waals surface area contributed by atoms with Gasteiger partial charge in [-0.15, -0.1) is 0 Å². The minimum Gasteiger partial charge on any atom is -0.478 e. The van der Waals surface area contributed by atoms with Gasteiger partial charge < -0.3 is 15.5 Å². The van der Waals surface area contributed by atoms with E-state index in [9.17, 15) is 15.0 Å². The molecule has 4 bridgehead atoms. The number of hydrogen-bond acceptors (Lipinski definition) is 4. The maximum Gasteiger partial charge on any atom is 0.339 e. The summed E-state index contributed by atoms with van der Waals surface area (Å²) in [5.74, 6) is 0.435. The standard InChI is InChI=1S/C16H19ClN2O3/c17-13-3-12(11(7-18-13)15(20)21)19-14-9-1-8-2-10(14)6-16(22,4-8)5-9/h3,7-10,14,22H,1-2,4-6H2,(H,18,19)(H,20,21)/t8?,9-,10?,14?,16?/m0/s1. The summed E-state index contributed by atoms with van der Waals surface area (Å²) in [6.07, 6.45) is 6.12. The molecule has 4 saturated carbocycles. The molecule has 0 spiro atoms. The van der Waals surface area contributed by atoms with E-state index in [4.69, 9.17) is 11.6 Å². The highest BCUT2D eigenvalue weighted by atomic mass is 35.5. The van der Waals surface area contributed by atoms with Gasteiger partial charge in [-0.3, -0.25) is 0 Å². The largest absolute Gasteiger partial charge is 0.478 e. The fourth-order valence-corrected chi connectivity index (χ4v) is 5.27. The second kappa shape index (κ2) is 4.83. The predicted molar refractivity (Wildman–Crippen MR) is 82.1 cm³/mol. The zero-order chi connectivity index (χ0) is 15.5. The maximum atomic E-state index is 11.4. The lowest BCUT2D eigenvalue weighted by molar-refractivity contribution is -0.129. The number of aromatic carboxylic acids is 1. The summed E-state index contributed by atoms with van der Waals surface area (Å²) in [6, 6.07) is 1.80. The molecule has 5 atom stereocenters. The fraction of sp³-hybridized carbons (Fsp3) is 0.625. The van der Waals surface area contributed by atoms with Crippen LogP contribution in [0.4, 0.5) is 5.69 Å². The molecule has 0 aromatic carbocycles. The van der Waals surface area contributed by atoms with Gasteiger partial charge in [0.1, 0.15) is 10.7 Å². The predicted octanol–water partition coefficient (Wildman–Crippen LogP) is 2.78. The maximum absolute atomic E-state index is 11.4. The summed E-state index contributed by atoms with van der Waals surface area (Å²) in [6.45, 7) is 0.